The first kappa shape index (κ1) is 27.9. The van der Waals surface area contributed by atoms with Gasteiger partial charge in [0.05, 0.1) is 7.11 Å². The number of ether oxygens (including phenoxy) is 1. The van der Waals surface area contributed by atoms with Crippen molar-refractivity contribution in [2.24, 2.45) is 0 Å². The van der Waals surface area contributed by atoms with Crippen molar-refractivity contribution < 1.29 is 14.9 Å². The van der Waals surface area contributed by atoms with Crippen molar-refractivity contribution in [3.63, 3.8) is 0 Å². The number of hydrogen-bond donors (Lipinski definition) is 2. The summed E-state index contributed by atoms with van der Waals surface area (Å²) in [7, 11) is 1.67. The number of phenolic OH excluding ortho intramolecular Hbond substituents is 2. The van der Waals surface area contributed by atoms with E-state index in [4.69, 9.17) is 4.74 Å². The summed E-state index contributed by atoms with van der Waals surface area (Å²) in [4.78, 5) is 0. The van der Waals surface area contributed by atoms with E-state index in [0.29, 0.717) is 11.5 Å². The average Bonchev–Trinajstić information content (AvgIpc) is 2.58. The van der Waals surface area contributed by atoms with E-state index in [1.165, 1.54) is 0 Å². The molecule has 0 atom stereocenters. The number of methoxy groups -OCH3 is 1. The number of hydrogen-bond acceptors (Lipinski definition) is 3. The highest BCUT2D eigenvalue weighted by atomic mass is 16.5. The van der Waals surface area contributed by atoms with E-state index < -0.39 is 0 Å². The van der Waals surface area contributed by atoms with Crippen LogP contribution in [0.5, 0.6) is 17.2 Å². The highest BCUT2D eigenvalue weighted by Gasteiger charge is 2.26. The lowest BCUT2D eigenvalue weighted by Crippen LogP contribution is -2.16. The fourth-order valence-corrected chi connectivity index (χ4v) is 3.68. The van der Waals surface area contributed by atoms with Crippen LogP contribution >= 0.6 is 0 Å². The first-order chi connectivity index (χ1) is 14.2. The molecule has 0 unspecified atom stereocenters. The largest absolute Gasteiger partial charge is 0.508 e. The van der Waals surface area contributed by atoms with Gasteiger partial charge in [0.15, 0.2) is 0 Å². The molecule has 2 N–H and O–H groups in total. The molecule has 0 aliphatic heterocycles. The van der Waals surface area contributed by atoms with Crippen LogP contribution in [0.2, 0.25) is 0 Å². The van der Waals surface area contributed by atoms with Crippen molar-refractivity contribution in [1.82, 2.24) is 0 Å². The van der Waals surface area contributed by atoms with Crippen LogP contribution in [0.25, 0.3) is 0 Å². The monoisotopic (exact) mass is 442 g/mol. The normalized spacial score (nSPS) is 12.8. The lowest BCUT2D eigenvalue weighted by molar-refractivity contribution is 0.388. The number of aromatic hydroxyl groups is 2. The van der Waals surface area contributed by atoms with Crippen LogP contribution in [0.4, 0.5) is 0 Å². The van der Waals surface area contributed by atoms with E-state index in [9.17, 15) is 10.2 Å². The summed E-state index contributed by atoms with van der Waals surface area (Å²) in [6.45, 7) is 25.3. The van der Waals surface area contributed by atoms with Crippen LogP contribution in [-0.2, 0) is 21.7 Å². The van der Waals surface area contributed by atoms with Crippen molar-refractivity contribution in [3.05, 3.63) is 52.6 Å². The van der Waals surface area contributed by atoms with E-state index in [1.807, 2.05) is 30.3 Å². The molecular formula is C29H46O3. The third kappa shape index (κ3) is 6.92. The zero-order chi connectivity index (χ0) is 25.3. The predicted molar refractivity (Wildman–Crippen MR) is 138 cm³/mol. The maximum atomic E-state index is 10.3. The van der Waals surface area contributed by atoms with Gasteiger partial charge in [-0.05, 0) is 44.9 Å². The lowest BCUT2D eigenvalue weighted by atomic mass is 9.80. The first-order valence-corrected chi connectivity index (χ1v) is 11.5. The Kier molecular flexibility index (Phi) is 8.16. The summed E-state index contributed by atoms with van der Waals surface area (Å²) in [6.07, 6.45) is 0. The van der Waals surface area contributed by atoms with E-state index in [1.54, 1.807) is 7.11 Å². The Morgan fingerprint density at radius 1 is 0.562 bits per heavy atom. The molecule has 0 radical (unpaired) electrons. The standard InChI is InChI=1S/C15H24O2.C14H22O/c1-14(2,3)10-9-13(17-7)11(8-12(10)16)15(4,5)6;1-13(2,3)10-8-7-9-11(12(10)15)14(4,5)6/h8-9,16H,1-7H3;7-9,15H,1-6H3. The molecule has 0 aliphatic carbocycles. The average molecular weight is 443 g/mol. The van der Waals surface area contributed by atoms with Gasteiger partial charge in [-0.25, -0.2) is 0 Å². The summed E-state index contributed by atoms with van der Waals surface area (Å²) < 4.78 is 5.45. The van der Waals surface area contributed by atoms with Gasteiger partial charge in [-0.3, -0.25) is 0 Å². The molecule has 0 heterocycles. The van der Waals surface area contributed by atoms with E-state index in [-0.39, 0.29) is 21.7 Å². The molecule has 3 nitrogen and oxygen atoms in total. The van der Waals surface area contributed by atoms with Crippen molar-refractivity contribution in [2.45, 2.75) is 105 Å². The highest BCUT2D eigenvalue weighted by Crippen LogP contribution is 2.40. The Labute approximate surface area is 196 Å². The minimum absolute atomic E-state index is 0.00859. The van der Waals surface area contributed by atoms with Crippen LogP contribution in [-0.4, -0.2) is 17.3 Å². The molecule has 180 valence electrons. The molecule has 2 aromatic rings. The third-order valence-corrected chi connectivity index (χ3v) is 5.59. The summed E-state index contributed by atoms with van der Waals surface area (Å²) in [5.41, 5.74) is 3.85. The molecule has 2 rings (SSSR count). The van der Waals surface area contributed by atoms with Crippen LogP contribution in [0.15, 0.2) is 30.3 Å². The molecule has 0 spiro atoms. The van der Waals surface area contributed by atoms with Gasteiger partial charge in [-0.2, -0.15) is 0 Å². The number of rotatable bonds is 1. The van der Waals surface area contributed by atoms with Crippen LogP contribution in [0.1, 0.15) is 105 Å². The molecule has 3 heteroatoms. The zero-order valence-electron chi connectivity index (χ0n) is 22.7. The second-order valence-electron chi connectivity index (χ2n) is 12.8. The zero-order valence-corrected chi connectivity index (χ0v) is 22.7. The lowest BCUT2D eigenvalue weighted by Gasteiger charge is -2.27. The molecule has 0 saturated carbocycles. The second-order valence-corrected chi connectivity index (χ2v) is 12.8. The fourth-order valence-electron chi connectivity index (χ4n) is 3.68. The Hall–Kier alpha value is -2.16. The number of benzene rings is 2. The van der Waals surface area contributed by atoms with Crippen LogP contribution in [0, 0.1) is 0 Å². The van der Waals surface area contributed by atoms with E-state index >= 15 is 0 Å². The SMILES string of the molecule is CC(C)(C)c1cccc(C(C)(C)C)c1O.COc1cc(C(C)(C)C)c(O)cc1C(C)(C)C. The minimum Gasteiger partial charge on any atom is -0.508 e. The predicted octanol–water partition coefficient (Wildman–Crippen LogP) is 7.98. The third-order valence-electron chi connectivity index (χ3n) is 5.59. The Balaban J connectivity index is 0.000000323. The van der Waals surface area contributed by atoms with Gasteiger partial charge in [0.25, 0.3) is 0 Å². The highest BCUT2D eigenvalue weighted by molar-refractivity contribution is 5.51. The summed E-state index contributed by atoms with van der Waals surface area (Å²) in [5, 5.41) is 20.4. The maximum Gasteiger partial charge on any atom is 0.123 e. The van der Waals surface area contributed by atoms with E-state index in [2.05, 4.69) is 83.1 Å². The van der Waals surface area contributed by atoms with Crippen molar-refractivity contribution in [1.29, 1.82) is 0 Å². The van der Waals surface area contributed by atoms with Gasteiger partial charge in [0.1, 0.15) is 17.2 Å². The van der Waals surface area contributed by atoms with Gasteiger partial charge in [-0.1, -0.05) is 101 Å². The first-order valence-electron chi connectivity index (χ1n) is 11.5. The van der Waals surface area contributed by atoms with Gasteiger partial charge in [0.2, 0.25) is 0 Å². The summed E-state index contributed by atoms with van der Waals surface area (Å²) in [6, 6.07) is 9.82. The smallest absolute Gasteiger partial charge is 0.123 e. The molecule has 2 aromatic carbocycles. The maximum absolute atomic E-state index is 10.3. The Morgan fingerprint density at radius 3 is 1.25 bits per heavy atom. The summed E-state index contributed by atoms with van der Waals surface area (Å²) in [5.74, 6) is 1.65. The van der Waals surface area contributed by atoms with Crippen molar-refractivity contribution in [2.75, 3.05) is 7.11 Å². The fraction of sp³-hybridized carbons (Fsp3) is 0.586. The van der Waals surface area contributed by atoms with Gasteiger partial charge in [0, 0.05) is 11.1 Å². The molecule has 0 amide bonds. The number of para-hydroxylation sites is 1. The topological polar surface area (TPSA) is 49.7 Å². The molecule has 32 heavy (non-hydrogen) atoms. The molecule has 0 aliphatic rings. The van der Waals surface area contributed by atoms with Gasteiger partial charge < -0.3 is 14.9 Å². The van der Waals surface area contributed by atoms with Gasteiger partial charge >= 0.3 is 0 Å². The number of phenols is 2. The second kappa shape index (κ2) is 9.37. The Bertz CT molecular complexity index is 879. The molecule has 0 bridgehead atoms. The molecule has 0 saturated heterocycles. The van der Waals surface area contributed by atoms with Crippen molar-refractivity contribution >= 4 is 0 Å². The molecule has 0 aromatic heterocycles. The molecular weight excluding hydrogens is 396 g/mol. The van der Waals surface area contributed by atoms with E-state index in [0.717, 1.165) is 28.0 Å². The van der Waals surface area contributed by atoms with Crippen molar-refractivity contribution in [3.8, 4) is 17.2 Å². The molecule has 0 fully saturated rings. The Morgan fingerprint density at radius 2 is 0.938 bits per heavy atom. The van der Waals surface area contributed by atoms with Crippen LogP contribution in [0.3, 0.4) is 0 Å². The minimum atomic E-state index is -0.0895. The van der Waals surface area contributed by atoms with Gasteiger partial charge in [-0.15, -0.1) is 0 Å². The summed E-state index contributed by atoms with van der Waals surface area (Å²) >= 11 is 0. The van der Waals surface area contributed by atoms with Crippen LogP contribution < -0.4 is 4.74 Å². The quantitative estimate of drug-likeness (QED) is 0.470.